The molecule has 9 aromatic carbocycles. The summed E-state index contributed by atoms with van der Waals surface area (Å²) in [6.45, 7) is 8.69. The maximum atomic E-state index is 9.59. The molecular weight excluding hydrogens is 1270 g/mol. The number of nitriles is 4. The lowest BCUT2D eigenvalue weighted by molar-refractivity contribution is 0.758. The number of nitrogens with zero attached hydrogens (tertiary/aromatic N) is 8. The summed E-state index contributed by atoms with van der Waals surface area (Å²) >= 11 is 9.44. The van der Waals surface area contributed by atoms with Crippen LogP contribution in [0, 0.1) is 73.0 Å². The summed E-state index contributed by atoms with van der Waals surface area (Å²) in [7, 11) is 0. The number of aromatic nitrogens is 4. The number of fused-ring (bicyclic) bond motifs is 12. The highest BCUT2D eigenvalue weighted by Gasteiger charge is 2.52. The van der Waals surface area contributed by atoms with Crippen molar-refractivity contribution in [1.82, 2.24) is 17.5 Å². The SMILES string of the molecule is Cc1ccc(C2(c3ccc(C)cc3)c3cc4c(cc3-c3c2ccc2cc(-c5ccc(-c6ccc(C=C(C#N)C#N)c7nsnc67)s5)sc32)C(c2ccc(C)cc2)(c2ccc(C)cc2)c2ccc3cc(-c5ccc(-c6ccc(C=C(C#N)C#N)c7nsnc67)s5)sc3c2-4)cc1. The zero-order valence-corrected chi connectivity index (χ0v) is 55.6. The number of benzene rings is 9. The van der Waals surface area contributed by atoms with E-state index in [4.69, 9.17) is 8.75 Å². The molecule has 0 aliphatic heterocycles. The molecule has 442 valence electrons. The summed E-state index contributed by atoms with van der Waals surface area (Å²) in [6, 6.07) is 81.2. The van der Waals surface area contributed by atoms with Crippen LogP contribution < -0.4 is 0 Å². The van der Waals surface area contributed by atoms with E-state index in [-0.39, 0.29) is 11.1 Å². The third-order valence-corrected chi connectivity index (χ3v) is 24.8. The van der Waals surface area contributed by atoms with Crippen LogP contribution in [0.1, 0.15) is 77.9 Å². The Hall–Kier alpha value is -10.6. The molecule has 0 fully saturated rings. The summed E-state index contributed by atoms with van der Waals surface area (Å²) < 4.78 is 21.2. The van der Waals surface area contributed by atoms with Crippen LogP contribution in [-0.2, 0) is 10.8 Å². The van der Waals surface area contributed by atoms with Gasteiger partial charge in [0.1, 0.15) is 57.5 Å². The van der Waals surface area contributed by atoms with Crippen molar-refractivity contribution in [3.8, 4) is 86.9 Å². The van der Waals surface area contributed by atoms with Gasteiger partial charge in [-0.3, -0.25) is 0 Å². The predicted molar refractivity (Wildman–Crippen MR) is 389 cm³/mol. The average molecular weight is 1310 g/mol. The Balaban J connectivity index is 0.907. The minimum atomic E-state index is -0.730. The number of allylic oxidation sites excluding steroid dienone is 2. The molecule has 0 saturated carbocycles. The number of aryl methyl sites for hydroxylation is 4. The highest BCUT2D eigenvalue weighted by atomic mass is 32.1. The molecule has 0 atom stereocenters. The largest absolute Gasteiger partial charge is 0.192 e. The molecule has 0 amide bonds. The number of hydrogen-bond donors (Lipinski definition) is 0. The van der Waals surface area contributed by atoms with E-state index in [1.54, 1.807) is 34.8 Å². The van der Waals surface area contributed by atoms with Crippen molar-refractivity contribution in [2.24, 2.45) is 0 Å². The molecule has 6 aromatic heterocycles. The summed E-state index contributed by atoms with van der Waals surface area (Å²) in [5, 5.41) is 40.7. The summed E-state index contributed by atoms with van der Waals surface area (Å²) in [5.41, 5.74) is 24.3. The van der Waals surface area contributed by atoms with Crippen molar-refractivity contribution >= 4 is 123 Å². The fourth-order valence-electron chi connectivity index (χ4n) is 14.4. The molecule has 0 unspecified atom stereocenters. The highest BCUT2D eigenvalue weighted by molar-refractivity contribution is 7.28. The van der Waals surface area contributed by atoms with Gasteiger partial charge in [0.15, 0.2) is 0 Å². The summed E-state index contributed by atoms with van der Waals surface area (Å²) in [4.78, 5) is 6.75. The van der Waals surface area contributed by atoms with E-state index in [1.165, 1.54) is 119 Å². The zero-order chi connectivity index (χ0) is 63.7. The average Bonchev–Trinajstić information content (AvgIpc) is 1.50. The van der Waals surface area contributed by atoms with Gasteiger partial charge in [-0.2, -0.15) is 38.5 Å². The molecule has 15 aromatic rings. The normalized spacial score (nSPS) is 13.0. The smallest absolute Gasteiger partial charge is 0.130 e. The lowest BCUT2D eigenvalue weighted by atomic mass is 9.65. The van der Waals surface area contributed by atoms with Gasteiger partial charge in [-0.15, -0.1) is 45.3 Å². The second-order valence-corrected chi connectivity index (χ2v) is 29.5. The molecule has 94 heavy (non-hydrogen) atoms. The molecule has 17 rings (SSSR count). The van der Waals surface area contributed by atoms with Gasteiger partial charge in [-0.25, -0.2) is 0 Å². The quantitative estimate of drug-likeness (QED) is 0.123. The fraction of sp³-hybridized carbons (Fsp3) is 0.0750. The molecule has 8 nitrogen and oxygen atoms in total. The van der Waals surface area contributed by atoms with E-state index >= 15 is 0 Å². The van der Waals surface area contributed by atoms with Gasteiger partial charge in [0.05, 0.1) is 34.3 Å². The molecule has 2 aliphatic rings. The first-order chi connectivity index (χ1) is 46.0. The van der Waals surface area contributed by atoms with Gasteiger partial charge in [0, 0.05) is 72.0 Å². The topological polar surface area (TPSA) is 147 Å². The Morgan fingerprint density at radius 2 is 0.670 bits per heavy atom. The first-order valence-corrected chi connectivity index (χ1v) is 35.1. The van der Waals surface area contributed by atoms with Crippen molar-refractivity contribution in [2.75, 3.05) is 0 Å². The third-order valence-electron chi connectivity index (χ3n) is 18.8. The van der Waals surface area contributed by atoms with Crippen LogP contribution in [0.25, 0.3) is 117 Å². The maximum Gasteiger partial charge on any atom is 0.130 e. The Kier molecular flexibility index (Phi) is 13.4. The first-order valence-electron chi connectivity index (χ1n) is 30.4. The van der Waals surface area contributed by atoms with Gasteiger partial charge < -0.3 is 0 Å². The Morgan fingerprint density at radius 3 is 1.02 bits per heavy atom. The van der Waals surface area contributed by atoms with Gasteiger partial charge in [-0.05, 0) is 155 Å². The van der Waals surface area contributed by atoms with Crippen LogP contribution >= 0.6 is 68.8 Å². The van der Waals surface area contributed by atoms with Crippen LogP contribution in [0.5, 0.6) is 0 Å². The Bertz CT molecular complexity index is 5470. The van der Waals surface area contributed by atoms with Crippen molar-refractivity contribution in [3.63, 3.8) is 0 Å². The van der Waals surface area contributed by atoms with E-state index in [0.29, 0.717) is 22.2 Å². The molecule has 0 saturated heterocycles. The maximum absolute atomic E-state index is 9.59. The number of thiophene rings is 4. The summed E-state index contributed by atoms with van der Waals surface area (Å²) in [6.07, 6.45) is 3.17. The van der Waals surface area contributed by atoms with Gasteiger partial charge in [-0.1, -0.05) is 168 Å². The lowest BCUT2D eigenvalue weighted by Crippen LogP contribution is -2.30. The van der Waals surface area contributed by atoms with Crippen molar-refractivity contribution < 1.29 is 0 Å². The van der Waals surface area contributed by atoms with Crippen LogP contribution in [0.4, 0.5) is 0 Å². The fourth-order valence-corrected chi connectivity index (χ4v) is 20.3. The lowest BCUT2D eigenvalue weighted by Gasteiger charge is -2.35. The predicted octanol–water partition coefficient (Wildman–Crippen LogP) is 21.7. The van der Waals surface area contributed by atoms with Crippen LogP contribution in [0.3, 0.4) is 0 Å². The standard InChI is InChI=1S/C80H46N8S6/c1-43-5-17-53(18-6-43)79(54-19-7-44(2)8-20-54)61-27-15-51-35-69(67-31-29-65(89-67)57-25-13-49(33-47(39-81)40-82)73-75(57)87-93-85-73)91-77(51)71(61)59-38-64-60(37-63(59)79)72-62(80(64,55-21-9-45(3)10-22-55)56-23-11-46(4)12-24-56)28-16-52-36-70(92-78(52)72)68-32-30-66(90-68)58-26-14-50(34-48(41-83)42-84)74-76(58)88-94-86-74/h5-38H,1-4H3. The van der Waals surface area contributed by atoms with Crippen LogP contribution in [0.2, 0.25) is 0 Å². The molecule has 6 heterocycles. The van der Waals surface area contributed by atoms with E-state index in [9.17, 15) is 21.0 Å². The molecular formula is C80H46N8S6. The molecule has 0 bridgehead atoms. The van der Waals surface area contributed by atoms with Crippen molar-refractivity contribution in [2.45, 2.75) is 38.5 Å². The Morgan fingerprint density at radius 1 is 0.330 bits per heavy atom. The molecule has 14 heteroatoms. The van der Waals surface area contributed by atoms with Crippen LogP contribution in [-0.4, -0.2) is 17.5 Å². The van der Waals surface area contributed by atoms with Gasteiger partial charge in [0.25, 0.3) is 0 Å². The second kappa shape index (κ2) is 22.0. The van der Waals surface area contributed by atoms with Crippen molar-refractivity contribution in [3.05, 3.63) is 283 Å². The minimum Gasteiger partial charge on any atom is -0.192 e. The van der Waals surface area contributed by atoms with E-state index in [2.05, 4.69) is 206 Å². The zero-order valence-electron chi connectivity index (χ0n) is 50.7. The monoisotopic (exact) mass is 1310 g/mol. The Labute approximate surface area is 565 Å². The van der Waals surface area contributed by atoms with E-state index in [0.717, 1.165) is 65.1 Å². The second-order valence-electron chi connectivity index (χ2n) is 24.2. The van der Waals surface area contributed by atoms with Crippen molar-refractivity contribution in [1.29, 1.82) is 21.0 Å². The first kappa shape index (κ1) is 57.3. The highest BCUT2D eigenvalue weighted by Crippen LogP contribution is 2.66. The minimum absolute atomic E-state index is 0.0168. The summed E-state index contributed by atoms with van der Waals surface area (Å²) in [5.74, 6) is 0. The number of rotatable bonds is 10. The van der Waals surface area contributed by atoms with E-state index < -0.39 is 10.8 Å². The molecule has 0 spiro atoms. The van der Waals surface area contributed by atoms with Gasteiger partial charge in [0.2, 0.25) is 0 Å². The van der Waals surface area contributed by atoms with Gasteiger partial charge >= 0.3 is 0 Å². The third kappa shape index (κ3) is 8.59. The number of hydrogen-bond acceptors (Lipinski definition) is 14. The molecule has 0 N–H and O–H groups in total. The molecule has 0 radical (unpaired) electrons. The van der Waals surface area contributed by atoms with Crippen LogP contribution in [0.15, 0.2) is 205 Å². The molecule has 2 aliphatic carbocycles. The van der Waals surface area contributed by atoms with E-state index in [1.807, 2.05) is 71.2 Å².